The van der Waals surface area contributed by atoms with E-state index in [-0.39, 0.29) is 0 Å². The van der Waals surface area contributed by atoms with Crippen LogP contribution >= 0.6 is 11.8 Å². The van der Waals surface area contributed by atoms with Crippen LogP contribution in [0.5, 0.6) is 5.75 Å². The van der Waals surface area contributed by atoms with Crippen molar-refractivity contribution in [2.24, 2.45) is 0 Å². The standard InChI is InChI=1S/C7H6OS/c8-7-5-2-1-3-6(7)9-4-5/h1-3,8H,4H2. The second-order valence-corrected chi connectivity index (χ2v) is 3.07. The third kappa shape index (κ3) is 0.630. The molecule has 0 radical (unpaired) electrons. The van der Waals surface area contributed by atoms with Crippen LogP contribution in [0.4, 0.5) is 0 Å². The van der Waals surface area contributed by atoms with Crippen molar-refractivity contribution in [3.05, 3.63) is 23.8 Å². The highest BCUT2D eigenvalue weighted by Crippen LogP contribution is 2.41. The van der Waals surface area contributed by atoms with E-state index in [9.17, 15) is 5.11 Å². The maximum absolute atomic E-state index is 9.25. The second-order valence-electron chi connectivity index (χ2n) is 2.05. The molecule has 0 saturated heterocycles. The van der Waals surface area contributed by atoms with E-state index in [1.807, 2.05) is 18.2 Å². The zero-order valence-electron chi connectivity index (χ0n) is 4.79. The molecule has 1 nitrogen and oxygen atoms in total. The summed E-state index contributed by atoms with van der Waals surface area (Å²) in [7, 11) is 0. The Bertz CT molecular complexity index is 222. The minimum atomic E-state index is 0.488. The molecule has 1 aromatic rings. The maximum Gasteiger partial charge on any atom is 0.133 e. The van der Waals surface area contributed by atoms with Crippen molar-refractivity contribution in [2.45, 2.75) is 10.6 Å². The van der Waals surface area contributed by atoms with E-state index in [1.54, 1.807) is 11.8 Å². The number of fused-ring (bicyclic) bond motifs is 2. The maximum atomic E-state index is 9.25. The minimum absolute atomic E-state index is 0.488. The molecule has 0 aliphatic carbocycles. The molecule has 0 spiro atoms. The Morgan fingerprint density at radius 2 is 2.33 bits per heavy atom. The summed E-state index contributed by atoms with van der Waals surface area (Å²) in [5.74, 6) is 1.43. The van der Waals surface area contributed by atoms with E-state index in [0.717, 1.165) is 16.2 Å². The number of hydrogen-bond acceptors (Lipinski definition) is 2. The molecule has 1 aliphatic heterocycles. The van der Waals surface area contributed by atoms with Crippen molar-refractivity contribution in [1.29, 1.82) is 0 Å². The lowest BCUT2D eigenvalue weighted by Crippen LogP contribution is -1.69. The molecule has 2 heteroatoms. The predicted molar refractivity (Wildman–Crippen MR) is 37.7 cm³/mol. The summed E-state index contributed by atoms with van der Waals surface area (Å²) >= 11 is 1.70. The lowest BCUT2D eigenvalue weighted by Gasteiger charge is -1.91. The molecule has 0 saturated carbocycles. The number of thioether (sulfide) groups is 1. The van der Waals surface area contributed by atoms with Gasteiger partial charge >= 0.3 is 0 Å². The average molecular weight is 138 g/mol. The SMILES string of the molecule is Oc1c2cccc1SC2. The smallest absolute Gasteiger partial charge is 0.133 e. The summed E-state index contributed by atoms with van der Waals surface area (Å²) in [6.07, 6.45) is 0. The van der Waals surface area contributed by atoms with E-state index >= 15 is 0 Å². The van der Waals surface area contributed by atoms with Gasteiger partial charge in [-0.3, -0.25) is 0 Å². The van der Waals surface area contributed by atoms with Crippen LogP contribution in [0.15, 0.2) is 23.1 Å². The molecule has 2 rings (SSSR count). The molecule has 1 N–H and O–H groups in total. The molecule has 1 aromatic carbocycles. The molecule has 0 amide bonds. The summed E-state index contributed by atoms with van der Waals surface area (Å²) < 4.78 is 0. The van der Waals surface area contributed by atoms with Crippen molar-refractivity contribution in [2.75, 3.05) is 0 Å². The van der Waals surface area contributed by atoms with Crippen LogP contribution < -0.4 is 0 Å². The van der Waals surface area contributed by atoms with Gasteiger partial charge in [-0.15, -0.1) is 11.8 Å². The third-order valence-electron chi connectivity index (χ3n) is 1.47. The molecular formula is C7H6OS. The average Bonchev–Trinajstić information content (AvgIpc) is 2.19. The fourth-order valence-corrected chi connectivity index (χ4v) is 1.94. The number of benzene rings is 1. The highest BCUT2D eigenvalue weighted by molar-refractivity contribution is 7.99. The zero-order chi connectivity index (χ0) is 6.27. The van der Waals surface area contributed by atoms with E-state index in [4.69, 9.17) is 0 Å². The Morgan fingerprint density at radius 1 is 1.44 bits per heavy atom. The first-order chi connectivity index (χ1) is 4.38. The van der Waals surface area contributed by atoms with Gasteiger partial charge in [-0.2, -0.15) is 0 Å². The highest BCUT2D eigenvalue weighted by atomic mass is 32.2. The Balaban J connectivity index is 2.71. The summed E-state index contributed by atoms with van der Waals surface area (Å²) in [5, 5.41) is 9.25. The van der Waals surface area contributed by atoms with Crippen LogP contribution in [0.1, 0.15) is 5.56 Å². The van der Waals surface area contributed by atoms with E-state index < -0.39 is 0 Å². The Labute approximate surface area is 57.7 Å². The van der Waals surface area contributed by atoms with Gasteiger partial charge in [0.2, 0.25) is 0 Å². The molecule has 1 aliphatic rings. The molecule has 0 fully saturated rings. The van der Waals surface area contributed by atoms with Crippen molar-refractivity contribution >= 4 is 11.8 Å². The van der Waals surface area contributed by atoms with Crippen LogP contribution in [-0.4, -0.2) is 5.11 Å². The second kappa shape index (κ2) is 1.67. The lowest BCUT2D eigenvalue weighted by atomic mass is 10.2. The molecule has 9 heavy (non-hydrogen) atoms. The molecule has 0 aromatic heterocycles. The van der Waals surface area contributed by atoms with E-state index in [2.05, 4.69) is 0 Å². The topological polar surface area (TPSA) is 20.2 Å². The number of aromatic hydroxyl groups is 1. The van der Waals surface area contributed by atoms with Gasteiger partial charge in [0.15, 0.2) is 0 Å². The predicted octanol–water partition coefficient (Wildman–Crippen LogP) is 2.00. The Hall–Kier alpha value is -0.630. The van der Waals surface area contributed by atoms with Gasteiger partial charge in [0.1, 0.15) is 5.75 Å². The largest absolute Gasteiger partial charge is 0.506 e. The first kappa shape index (κ1) is 5.18. The molecule has 0 unspecified atom stereocenters. The quantitative estimate of drug-likeness (QED) is 0.591. The zero-order valence-corrected chi connectivity index (χ0v) is 5.61. The van der Waals surface area contributed by atoms with E-state index in [1.165, 1.54) is 0 Å². The Kier molecular flexibility index (Phi) is 0.963. The van der Waals surface area contributed by atoms with Crippen LogP contribution in [0.2, 0.25) is 0 Å². The first-order valence-electron chi connectivity index (χ1n) is 2.81. The summed E-state index contributed by atoms with van der Waals surface area (Å²) in [4.78, 5) is 1.02. The summed E-state index contributed by atoms with van der Waals surface area (Å²) in [5.41, 5.74) is 1.07. The normalized spacial score (nSPS) is 14.2. The number of hydrogen-bond donors (Lipinski definition) is 1. The van der Waals surface area contributed by atoms with Crippen molar-refractivity contribution in [3.8, 4) is 5.75 Å². The molecular weight excluding hydrogens is 132 g/mol. The number of phenols is 1. The van der Waals surface area contributed by atoms with E-state index in [0.29, 0.717) is 5.75 Å². The lowest BCUT2D eigenvalue weighted by molar-refractivity contribution is 0.460. The monoisotopic (exact) mass is 138 g/mol. The van der Waals surface area contributed by atoms with Gasteiger partial charge in [0.05, 0.1) is 0 Å². The van der Waals surface area contributed by atoms with Crippen molar-refractivity contribution in [3.63, 3.8) is 0 Å². The Morgan fingerprint density at radius 3 is 3.00 bits per heavy atom. The molecule has 0 atom stereocenters. The fraction of sp³-hybridized carbons (Fsp3) is 0.143. The van der Waals surface area contributed by atoms with Crippen LogP contribution in [0.25, 0.3) is 0 Å². The van der Waals surface area contributed by atoms with Gasteiger partial charge < -0.3 is 5.11 Å². The van der Waals surface area contributed by atoms with Crippen molar-refractivity contribution in [1.82, 2.24) is 0 Å². The summed E-state index contributed by atoms with van der Waals surface area (Å²) in [6.45, 7) is 0. The van der Waals surface area contributed by atoms with Gasteiger partial charge in [-0.1, -0.05) is 12.1 Å². The van der Waals surface area contributed by atoms with Gasteiger partial charge in [-0.05, 0) is 6.07 Å². The van der Waals surface area contributed by atoms with Gasteiger partial charge in [0, 0.05) is 16.2 Å². The number of phenolic OH excluding ortho intramolecular Hbond substituents is 1. The number of para-hydroxylation sites is 1. The van der Waals surface area contributed by atoms with Crippen LogP contribution in [0, 0.1) is 0 Å². The van der Waals surface area contributed by atoms with Gasteiger partial charge in [-0.25, -0.2) is 0 Å². The van der Waals surface area contributed by atoms with Crippen LogP contribution in [0.3, 0.4) is 0 Å². The fourth-order valence-electron chi connectivity index (χ4n) is 0.956. The minimum Gasteiger partial charge on any atom is -0.506 e. The highest BCUT2D eigenvalue weighted by Gasteiger charge is 2.13. The van der Waals surface area contributed by atoms with Gasteiger partial charge in [0.25, 0.3) is 0 Å². The number of rotatable bonds is 0. The molecule has 2 bridgehead atoms. The summed E-state index contributed by atoms with van der Waals surface area (Å²) in [6, 6.07) is 5.87. The first-order valence-corrected chi connectivity index (χ1v) is 3.80. The molecule has 1 heterocycles. The third-order valence-corrected chi connectivity index (χ3v) is 2.56. The molecule has 46 valence electrons. The van der Waals surface area contributed by atoms with Crippen LogP contribution in [-0.2, 0) is 5.75 Å². The van der Waals surface area contributed by atoms with Crippen molar-refractivity contribution < 1.29 is 5.11 Å².